The van der Waals surface area contributed by atoms with Crippen LogP contribution in [0.5, 0.6) is 11.5 Å². The molecule has 2 aromatic carbocycles. The summed E-state index contributed by atoms with van der Waals surface area (Å²) in [6.45, 7) is 0. The molecule has 0 aliphatic rings. The third kappa shape index (κ3) is 3.02. The molecule has 0 atom stereocenters. The maximum atomic E-state index is 13.2. The lowest BCUT2D eigenvalue weighted by Gasteiger charge is -2.06. The van der Waals surface area contributed by atoms with Crippen molar-refractivity contribution in [1.82, 2.24) is 9.97 Å². The zero-order valence-corrected chi connectivity index (χ0v) is 13.7. The maximum absolute atomic E-state index is 13.2. The van der Waals surface area contributed by atoms with Crippen LogP contribution in [0.3, 0.4) is 0 Å². The molecule has 24 heavy (non-hydrogen) atoms. The lowest BCUT2D eigenvalue weighted by Crippen LogP contribution is -1.86. The molecule has 3 rings (SSSR count). The summed E-state index contributed by atoms with van der Waals surface area (Å²) in [5, 5.41) is 10.0. The minimum absolute atomic E-state index is 0.0961. The van der Waals surface area contributed by atoms with Crippen LogP contribution in [0.15, 0.2) is 24.3 Å². The van der Waals surface area contributed by atoms with E-state index in [1.165, 1.54) is 25.3 Å². The Hall–Kier alpha value is -2.31. The minimum Gasteiger partial charge on any atom is -0.503 e. The van der Waals surface area contributed by atoms with Crippen LogP contribution in [0.4, 0.5) is 8.78 Å². The van der Waals surface area contributed by atoms with E-state index in [-0.39, 0.29) is 32.9 Å². The number of aromatic nitrogens is 2. The lowest BCUT2D eigenvalue weighted by atomic mass is 10.2. The summed E-state index contributed by atoms with van der Waals surface area (Å²) in [6, 6.07) is 5.01. The van der Waals surface area contributed by atoms with E-state index >= 15 is 0 Å². The summed E-state index contributed by atoms with van der Waals surface area (Å²) in [5.41, 5.74) is 1.12. The number of hydrogen-bond donors (Lipinski definition) is 2. The molecule has 0 bridgehead atoms. The lowest BCUT2D eigenvalue weighted by molar-refractivity contribution is 0.373. The van der Waals surface area contributed by atoms with Crippen molar-refractivity contribution in [2.45, 2.75) is 0 Å². The first-order valence-corrected chi connectivity index (χ1v) is 7.43. The molecule has 0 saturated heterocycles. The van der Waals surface area contributed by atoms with Crippen molar-refractivity contribution in [1.29, 1.82) is 0 Å². The fourth-order valence-electron chi connectivity index (χ4n) is 2.17. The standard InChI is InChI=1S/C16H10Cl2F2N2O2/c1-24-14-4-7(2-8(17)15(14)23)3-9(18)16-21-12-5-10(19)11(20)6-13(12)22-16/h2-6,23H,1H3,(H,21,22). The first kappa shape index (κ1) is 16.5. The highest BCUT2D eigenvalue weighted by Gasteiger charge is 2.12. The smallest absolute Gasteiger partial charge is 0.176 e. The van der Waals surface area contributed by atoms with Gasteiger partial charge in [-0.15, -0.1) is 0 Å². The molecule has 8 heteroatoms. The Labute approximate surface area is 145 Å². The molecule has 1 heterocycles. The number of benzene rings is 2. The Morgan fingerprint density at radius 3 is 2.67 bits per heavy atom. The Morgan fingerprint density at radius 1 is 1.25 bits per heavy atom. The molecule has 1 aromatic heterocycles. The van der Waals surface area contributed by atoms with Crippen molar-refractivity contribution in [3.63, 3.8) is 0 Å². The number of methoxy groups -OCH3 is 1. The zero-order chi connectivity index (χ0) is 17.4. The number of aromatic hydroxyl groups is 1. The number of H-pyrrole nitrogens is 1. The van der Waals surface area contributed by atoms with E-state index in [1.54, 1.807) is 0 Å². The maximum Gasteiger partial charge on any atom is 0.176 e. The largest absolute Gasteiger partial charge is 0.503 e. The normalized spacial score (nSPS) is 12.0. The topological polar surface area (TPSA) is 58.1 Å². The fourth-order valence-corrected chi connectivity index (χ4v) is 2.60. The van der Waals surface area contributed by atoms with Crippen molar-refractivity contribution in [3.05, 3.63) is 52.3 Å². The zero-order valence-electron chi connectivity index (χ0n) is 12.2. The van der Waals surface area contributed by atoms with Crippen molar-refractivity contribution in [2.24, 2.45) is 0 Å². The molecule has 0 aliphatic carbocycles. The summed E-state index contributed by atoms with van der Waals surface area (Å²) < 4.78 is 31.5. The van der Waals surface area contributed by atoms with E-state index in [9.17, 15) is 13.9 Å². The van der Waals surface area contributed by atoms with Gasteiger partial charge in [0.25, 0.3) is 0 Å². The highest BCUT2D eigenvalue weighted by Crippen LogP contribution is 2.36. The van der Waals surface area contributed by atoms with Gasteiger partial charge in [0.05, 0.1) is 28.2 Å². The fraction of sp³-hybridized carbons (Fsp3) is 0.0625. The van der Waals surface area contributed by atoms with Crippen LogP contribution in [-0.2, 0) is 0 Å². The number of aromatic amines is 1. The van der Waals surface area contributed by atoms with Gasteiger partial charge in [0.15, 0.2) is 23.1 Å². The predicted octanol–water partition coefficient (Wildman–Crippen LogP) is 4.95. The Bertz CT molecular complexity index is 931. The first-order chi connectivity index (χ1) is 11.4. The molecule has 0 fully saturated rings. The number of nitrogens with zero attached hydrogens (tertiary/aromatic N) is 1. The van der Waals surface area contributed by atoms with Crippen LogP contribution >= 0.6 is 23.2 Å². The molecular weight excluding hydrogens is 361 g/mol. The van der Waals surface area contributed by atoms with Gasteiger partial charge < -0.3 is 14.8 Å². The molecule has 4 nitrogen and oxygen atoms in total. The highest BCUT2D eigenvalue weighted by atomic mass is 35.5. The van der Waals surface area contributed by atoms with E-state index in [4.69, 9.17) is 27.9 Å². The summed E-state index contributed by atoms with van der Waals surface area (Å²) in [5.74, 6) is -1.72. The number of fused-ring (bicyclic) bond motifs is 1. The van der Waals surface area contributed by atoms with Crippen molar-refractivity contribution in [2.75, 3.05) is 7.11 Å². The Kier molecular flexibility index (Phi) is 4.34. The molecule has 0 aliphatic heterocycles. The van der Waals surface area contributed by atoms with Crippen LogP contribution in [0.1, 0.15) is 11.4 Å². The summed E-state index contributed by atoms with van der Waals surface area (Å²) in [6.07, 6.45) is 1.53. The van der Waals surface area contributed by atoms with Gasteiger partial charge in [-0.25, -0.2) is 13.8 Å². The van der Waals surface area contributed by atoms with Crippen LogP contribution < -0.4 is 4.74 Å². The van der Waals surface area contributed by atoms with Crippen molar-refractivity contribution >= 4 is 45.3 Å². The van der Waals surface area contributed by atoms with Gasteiger partial charge in [-0.1, -0.05) is 23.2 Å². The molecule has 0 unspecified atom stereocenters. The van der Waals surface area contributed by atoms with Gasteiger partial charge in [-0.2, -0.15) is 0 Å². The number of ether oxygens (including phenoxy) is 1. The van der Waals surface area contributed by atoms with Gasteiger partial charge in [0, 0.05) is 12.1 Å². The van der Waals surface area contributed by atoms with E-state index in [0.717, 1.165) is 12.1 Å². The molecule has 0 spiro atoms. The van der Waals surface area contributed by atoms with Gasteiger partial charge in [-0.3, -0.25) is 0 Å². The van der Waals surface area contributed by atoms with E-state index < -0.39 is 11.6 Å². The number of imidazole rings is 1. The summed E-state index contributed by atoms with van der Waals surface area (Å²) in [7, 11) is 1.39. The van der Waals surface area contributed by atoms with E-state index in [1.807, 2.05) is 0 Å². The van der Waals surface area contributed by atoms with Gasteiger partial charge in [-0.05, 0) is 23.8 Å². The average molecular weight is 371 g/mol. The average Bonchev–Trinajstić information content (AvgIpc) is 2.94. The van der Waals surface area contributed by atoms with Gasteiger partial charge >= 0.3 is 0 Å². The van der Waals surface area contributed by atoms with E-state index in [0.29, 0.717) is 11.1 Å². The third-order valence-electron chi connectivity index (χ3n) is 3.31. The predicted molar refractivity (Wildman–Crippen MR) is 89.4 cm³/mol. The molecule has 124 valence electrons. The van der Waals surface area contributed by atoms with Crippen molar-refractivity contribution in [3.8, 4) is 11.5 Å². The third-order valence-corrected chi connectivity index (χ3v) is 3.89. The van der Waals surface area contributed by atoms with Crippen molar-refractivity contribution < 1.29 is 18.6 Å². The van der Waals surface area contributed by atoms with Crippen LogP contribution in [0.25, 0.3) is 22.1 Å². The molecule has 0 saturated carbocycles. The number of phenolic OH excluding ortho intramolecular Hbond substituents is 1. The Balaban J connectivity index is 2.03. The first-order valence-electron chi connectivity index (χ1n) is 6.68. The number of halogens is 4. The molecule has 2 N–H and O–H groups in total. The number of rotatable bonds is 3. The van der Waals surface area contributed by atoms with Gasteiger partial charge in [0.1, 0.15) is 5.82 Å². The number of hydrogen-bond acceptors (Lipinski definition) is 3. The second kappa shape index (κ2) is 6.30. The molecule has 0 amide bonds. The number of nitrogens with one attached hydrogen (secondary N) is 1. The SMILES string of the molecule is COc1cc(C=C(Cl)c2nc3cc(F)c(F)cc3[nH]2)cc(Cl)c1O. The highest BCUT2D eigenvalue weighted by molar-refractivity contribution is 6.50. The minimum atomic E-state index is -0.990. The quantitative estimate of drug-likeness (QED) is 0.685. The summed E-state index contributed by atoms with van der Waals surface area (Å²) >= 11 is 12.1. The summed E-state index contributed by atoms with van der Waals surface area (Å²) in [4.78, 5) is 6.92. The van der Waals surface area contributed by atoms with Gasteiger partial charge in [0.2, 0.25) is 0 Å². The van der Waals surface area contributed by atoms with Crippen LogP contribution in [0.2, 0.25) is 5.02 Å². The Morgan fingerprint density at radius 2 is 1.96 bits per heavy atom. The second-order valence-corrected chi connectivity index (χ2v) is 5.73. The second-order valence-electron chi connectivity index (χ2n) is 4.91. The van der Waals surface area contributed by atoms with Crippen LogP contribution in [0, 0.1) is 11.6 Å². The molecule has 0 radical (unpaired) electrons. The monoisotopic (exact) mass is 370 g/mol. The molecular formula is C16H10Cl2F2N2O2. The van der Waals surface area contributed by atoms with Crippen LogP contribution in [-0.4, -0.2) is 22.2 Å². The number of phenols is 1. The van der Waals surface area contributed by atoms with E-state index in [2.05, 4.69) is 9.97 Å². The molecule has 3 aromatic rings.